The van der Waals surface area contributed by atoms with Crippen molar-refractivity contribution in [1.82, 2.24) is 0 Å². The number of benzene rings is 2. The SMILES string of the molecule is COc1cccc(CC(CCl)c2ccc(F)cc2)c1. The van der Waals surface area contributed by atoms with E-state index in [0.29, 0.717) is 5.88 Å². The van der Waals surface area contributed by atoms with Gasteiger partial charge in [-0.25, -0.2) is 4.39 Å². The Morgan fingerprint density at radius 1 is 1.16 bits per heavy atom. The molecule has 0 aliphatic carbocycles. The summed E-state index contributed by atoms with van der Waals surface area (Å²) < 4.78 is 18.1. The lowest BCUT2D eigenvalue weighted by Gasteiger charge is -2.15. The molecule has 0 aliphatic rings. The van der Waals surface area contributed by atoms with Crippen molar-refractivity contribution in [2.75, 3.05) is 13.0 Å². The molecule has 1 nitrogen and oxygen atoms in total. The van der Waals surface area contributed by atoms with Gasteiger partial charge in [0.25, 0.3) is 0 Å². The monoisotopic (exact) mass is 278 g/mol. The lowest BCUT2D eigenvalue weighted by Crippen LogP contribution is -2.05. The van der Waals surface area contributed by atoms with Gasteiger partial charge in [0.1, 0.15) is 11.6 Å². The van der Waals surface area contributed by atoms with E-state index >= 15 is 0 Å². The predicted molar refractivity (Wildman–Crippen MR) is 76.6 cm³/mol. The summed E-state index contributed by atoms with van der Waals surface area (Å²) in [5.74, 6) is 1.29. The molecule has 2 aromatic rings. The summed E-state index contributed by atoms with van der Waals surface area (Å²) in [4.78, 5) is 0. The Morgan fingerprint density at radius 3 is 2.53 bits per heavy atom. The van der Waals surface area contributed by atoms with E-state index in [1.54, 1.807) is 19.2 Å². The van der Waals surface area contributed by atoms with Gasteiger partial charge in [-0.2, -0.15) is 0 Å². The lowest BCUT2D eigenvalue weighted by molar-refractivity contribution is 0.414. The Bertz CT molecular complexity index is 525. The van der Waals surface area contributed by atoms with Crippen LogP contribution in [0, 0.1) is 5.82 Å². The topological polar surface area (TPSA) is 9.23 Å². The summed E-state index contributed by atoms with van der Waals surface area (Å²) in [7, 11) is 1.65. The molecule has 1 unspecified atom stereocenters. The molecule has 0 radical (unpaired) electrons. The van der Waals surface area contributed by atoms with E-state index in [1.165, 1.54) is 12.1 Å². The molecule has 0 saturated carbocycles. The van der Waals surface area contributed by atoms with Crippen LogP contribution in [0.25, 0.3) is 0 Å². The first-order chi connectivity index (χ1) is 9.22. The van der Waals surface area contributed by atoms with Crippen molar-refractivity contribution < 1.29 is 9.13 Å². The summed E-state index contributed by atoms with van der Waals surface area (Å²) in [6.07, 6.45) is 0.812. The van der Waals surface area contributed by atoms with Crippen molar-refractivity contribution in [2.45, 2.75) is 12.3 Å². The van der Waals surface area contributed by atoms with Crippen LogP contribution in [0.1, 0.15) is 17.0 Å². The fourth-order valence-corrected chi connectivity index (χ4v) is 2.37. The molecule has 1 atom stereocenters. The standard InChI is InChI=1S/C16H16ClFO/c1-19-16-4-2-3-12(10-16)9-14(11-17)13-5-7-15(18)8-6-13/h2-8,10,14H,9,11H2,1H3. The molecular weight excluding hydrogens is 263 g/mol. The number of ether oxygens (including phenoxy) is 1. The first-order valence-electron chi connectivity index (χ1n) is 6.17. The van der Waals surface area contributed by atoms with E-state index in [4.69, 9.17) is 16.3 Å². The summed E-state index contributed by atoms with van der Waals surface area (Å²) >= 11 is 6.04. The fourth-order valence-electron chi connectivity index (χ4n) is 2.08. The molecule has 0 heterocycles. The van der Waals surface area contributed by atoms with Crippen LogP contribution in [0.2, 0.25) is 0 Å². The van der Waals surface area contributed by atoms with E-state index in [9.17, 15) is 4.39 Å². The lowest BCUT2D eigenvalue weighted by atomic mass is 9.93. The van der Waals surface area contributed by atoms with Gasteiger partial charge < -0.3 is 4.74 Å². The number of halogens is 2. The van der Waals surface area contributed by atoms with Crippen molar-refractivity contribution >= 4 is 11.6 Å². The van der Waals surface area contributed by atoms with Gasteiger partial charge in [-0.1, -0.05) is 24.3 Å². The van der Waals surface area contributed by atoms with E-state index in [0.717, 1.165) is 23.3 Å². The number of methoxy groups -OCH3 is 1. The largest absolute Gasteiger partial charge is 0.497 e. The molecule has 0 amide bonds. The van der Waals surface area contributed by atoms with Gasteiger partial charge in [0.2, 0.25) is 0 Å². The molecule has 100 valence electrons. The van der Waals surface area contributed by atoms with Gasteiger partial charge >= 0.3 is 0 Å². The highest BCUT2D eigenvalue weighted by Crippen LogP contribution is 2.24. The van der Waals surface area contributed by atoms with Crippen LogP contribution >= 0.6 is 11.6 Å². The summed E-state index contributed by atoms with van der Waals surface area (Å²) in [6.45, 7) is 0. The molecule has 2 rings (SSSR count). The second-order valence-electron chi connectivity index (χ2n) is 4.46. The van der Waals surface area contributed by atoms with Crippen molar-refractivity contribution in [2.24, 2.45) is 0 Å². The molecule has 2 aromatic carbocycles. The minimum absolute atomic E-state index is 0.175. The van der Waals surface area contributed by atoms with Crippen LogP contribution in [0.15, 0.2) is 48.5 Å². The Kier molecular flexibility index (Phi) is 4.80. The summed E-state index contributed by atoms with van der Waals surface area (Å²) in [5.41, 5.74) is 2.22. The summed E-state index contributed by atoms with van der Waals surface area (Å²) in [5, 5.41) is 0. The highest BCUT2D eigenvalue weighted by Gasteiger charge is 2.12. The zero-order chi connectivity index (χ0) is 13.7. The van der Waals surface area contributed by atoms with E-state index < -0.39 is 0 Å². The number of alkyl halides is 1. The average molecular weight is 279 g/mol. The van der Waals surface area contributed by atoms with Crippen molar-refractivity contribution in [3.05, 3.63) is 65.5 Å². The molecule has 19 heavy (non-hydrogen) atoms. The second kappa shape index (κ2) is 6.58. The highest BCUT2D eigenvalue weighted by molar-refractivity contribution is 6.18. The molecule has 0 bridgehead atoms. The van der Waals surface area contributed by atoms with E-state index in [-0.39, 0.29) is 11.7 Å². The van der Waals surface area contributed by atoms with Gasteiger partial charge in [-0.15, -0.1) is 11.6 Å². The Morgan fingerprint density at radius 2 is 1.89 bits per heavy atom. The number of hydrogen-bond acceptors (Lipinski definition) is 1. The van der Waals surface area contributed by atoms with Gasteiger partial charge in [-0.05, 0) is 41.8 Å². The molecule has 0 spiro atoms. The van der Waals surface area contributed by atoms with Crippen LogP contribution in [-0.2, 0) is 6.42 Å². The maximum Gasteiger partial charge on any atom is 0.123 e. The molecule has 3 heteroatoms. The average Bonchev–Trinajstić information content (AvgIpc) is 2.46. The third-order valence-corrected chi connectivity index (χ3v) is 3.52. The van der Waals surface area contributed by atoms with Crippen LogP contribution in [0.5, 0.6) is 5.75 Å². The summed E-state index contributed by atoms with van der Waals surface area (Å²) in [6, 6.07) is 14.5. The number of hydrogen-bond donors (Lipinski definition) is 0. The Labute approximate surface area is 118 Å². The normalized spacial score (nSPS) is 12.2. The molecule has 0 fully saturated rings. The highest BCUT2D eigenvalue weighted by atomic mass is 35.5. The van der Waals surface area contributed by atoms with Gasteiger partial charge in [0.05, 0.1) is 7.11 Å². The quantitative estimate of drug-likeness (QED) is 0.737. The van der Waals surface area contributed by atoms with E-state index in [2.05, 4.69) is 0 Å². The first-order valence-corrected chi connectivity index (χ1v) is 6.70. The smallest absolute Gasteiger partial charge is 0.123 e. The van der Waals surface area contributed by atoms with Gasteiger partial charge in [0.15, 0.2) is 0 Å². The minimum Gasteiger partial charge on any atom is -0.497 e. The molecule has 0 saturated heterocycles. The minimum atomic E-state index is -0.224. The first kappa shape index (κ1) is 13.9. The van der Waals surface area contributed by atoms with Crippen molar-refractivity contribution in [1.29, 1.82) is 0 Å². The maximum atomic E-state index is 12.9. The Hall–Kier alpha value is -1.54. The third-order valence-electron chi connectivity index (χ3n) is 3.14. The fraction of sp³-hybridized carbons (Fsp3) is 0.250. The van der Waals surface area contributed by atoms with Crippen molar-refractivity contribution in [3.63, 3.8) is 0 Å². The van der Waals surface area contributed by atoms with Crippen LogP contribution < -0.4 is 4.74 Å². The van der Waals surface area contributed by atoms with Crippen LogP contribution in [0.3, 0.4) is 0 Å². The Balaban J connectivity index is 2.16. The predicted octanol–water partition coefficient (Wildman–Crippen LogP) is 4.40. The molecular formula is C16H16ClFO. The van der Waals surface area contributed by atoms with Gasteiger partial charge in [0, 0.05) is 11.8 Å². The van der Waals surface area contributed by atoms with Crippen LogP contribution in [0.4, 0.5) is 4.39 Å². The maximum absolute atomic E-state index is 12.9. The van der Waals surface area contributed by atoms with E-state index in [1.807, 2.05) is 24.3 Å². The van der Waals surface area contributed by atoms with Crippen LogP contribution in [-0.4, -0.2) is 13.0 Å². The second-order valence-corrected chi connectivity index (χ2v) is 4.77. The van der Waals surface area contributed by atoms with Crippen molar-refractivity contribution in [3.8, 4) is 5.75 Å². The molecule has 0 aliphatic heterocycles. The van der Waals surface area contributed by atoms with Gasteiger partial charge in [-0.3, -0.25) is 0 Å². The number of rotatable bonds is 5. The molecule has 0 N–H and O–H groups in total. The zero-order valence-electron chi connectivity index (χ0n) is 10.8. The molecule has 0 aromatic heterocycles. The third kappa shape index (κ3) is 3.71. The zero-order valence-corrected chi connectivity index (χ0v) is 11.5.